The van der Waals surface area contributed by atoms with Gasteiger partial charge >= 0.3 is 5.69 Å². The summed E-state index contributed by atoms with van der Waals surface area (Å²) >= 11 is 0. The Kier molecular flexibility index (Phi) is 6.13. The van der Waals surface area contributed by atoms with Crippen molar-refractivity contribution in [3.8, 4) is 34.1 Å². The fraction of sp³-hybridized carbons (Fsp3) is 0.370. The van der Waals surface area contributed by atoms with E-state index in [4.69, 9.17) is 18.6 Å². The monoisotopic (exact) mass is 494 g/mol. The zero-order chi connectivity index (χ0) is 25.7. The smallest absolute Gasteiger partial charge is 0.326 e. The van der Waals surface area contributed by atoms with E-state index in [0.29, 0.717) is 17.2 Å². The van der Waals surface area contributed by atoms with Crippen molar-refractivity contribution in [2.24, 2.45) is 7.05 Å². The van der Waals surface area contributed by atoms with Crippen LogP contribution in [0, 0.1) is 0 Å². The van der Waals surface area contributed by atoms with E-state index >= 15 is 0 Å². The van der Waals surface area contributed by atoms with Crippen LogP contribution in [0.4, 0.5) is 0 Å². The highest BCUT2D eigenvalue weighted by Gasteiger charge is 2.40. The number of nitrogens with zero attached hydrogens (tertiary/aromatic N) is 1. The average molecular weight is 495 g/mol. The number of H-pyrrole nitrogens is 1. The summed E-state index contributed by atoms with van der Waals surface area (Å²) < 4.78 is 25.5. The first-order chi connectivity index (χ1) is 16.4. The predicted molar refractivity (Wildman–Crippen MR) is 144 cm³/mol. The van der Waals surface area contributed by atoms with Crippen LogP contribution in [0.5, 0.6) is 23.0 Å². The summed E-state index contributed by atoms with van der Waals surface area (Å²) in [6.45, 7) is 11.0. The van der Waals surface area contributed by atoms with Crippen LogP contribution in [0.3, 0.4) is 0 Å². The fourth-order valence-corrected chi connectivity index (χ4v) is 5.08. The molecule has 1 aromatic heterocycles. The molecular formula is C27H34N2O5Si. The lowest BCUT2D eigenvalue weighted by Gasteiger charge is -2.37. The molecule has 0 aliphatic rings. The SMILES string of the molecule is COc1ccc(-c2c3cc(OC)c(OC)c(O[Si](C)(C)C(C)(C)C)c3cc3c2[nH]c(=O)n3C)cc1. The number of benzene rings is 3. The highest BCUT2D eigenvalue weighted by Crippen LogP contribution is 2.50. The van der Waals surface area contributed by atoms with E-state index < -0.39 is 8.32 Å². The zero-order valence-electron chi connectivity index (χ0n) is 22.0. The van der Waals surface area contributed by atoms with Crippen molar-refractivity contribution in [1.82, 2.24) is 9.55 Å². The van der Waals surface area contributed by atoms with E-state index in [1.165, 1.54) is 0 Å². The second-order valence-corrected chi connectivity index (χ2v) is 15.0. The van der Waals surface area contributed by atoms with Gasteiger partial charge in [-0.2, -0.15) is 0 Å². The number of ether oxygens (including phenoxy) is 3. The number of aromatic nitrogens is 2. The highest BCUT2D eigenvalue weighted by atomic mass is 28.4. The van der Waals surface area contributed by atoms with E-state index in [9.17, 15) is 4.79 Å². The number of hydrogen-bond donors (Lipinski definition) is 1. The maximum atomic E-state index is 12.7. The van der Waals surface area contributed by atoms with Gasteiger partial charge in [0.05, 0.1) is 32.4 Å². The van der Waals surface area contributed by atoms with E-state index in [1.807, 2.05) is 36.4 Å². The number of nitrogens with one attached hydrogen (secondary N) is 1. The number of aromatic amines is 1. The highest BCUT2D eigenvalue weighted by molar-refractivity contribution is 6.74. The lowest BCUT2D eigenvalue weighted by Crippen LogP contribution is -2.44. The molecule has 0 saturated heterocycles. The molecule has 7 nitrogen and oxygen atoms in total. The maximum absolute atomic E-state index is 12.7. The third-order valence-electron chi connectivity index (χ3n) is 7.16. The Morgan fingerprint density at radius 3 is 2.09 bits per heavy atom. The largest absolute Gasteiger partial charge is 0.541 e. The molecule has 0 spiro atoms. The summed E-state index contributed by atoms with van der Waals surface area (Å²) in [7, 11) is 4.39. The minimum absolute atomic E-state index is 0.0305. The van der Waals surface area contributed by atoms with Gasteiger partial charge in [0.2, 0.25) is 5.75 Å². The molecule has 186 valence electrons. The quantitative estimate of drug-likeness (QED) is 0.328. The molecule has 4 rings (SSSR count). The molecule has 0 bridgehead atoms. The van der Waals surface area contributed by atoms with Crippen molar-refractivity contribution < 1.29 is 18.6 Å². The van der Waals surface area contributed by atoms with Gasteiger partial charge < -0.3 is 23.6 Å². The molecule has 35 heavy (non-hydrogen) atoms. The van der Waals surface area contributed by atoms with Crippen molar-refractivity contribution in [3.63, 3.8) is 0 Å². The van der Waals surface area contributed by atoms with E-state index in [2.05, 4.69) is 38.8 Å². The summed E-state index contributed by atoms with van der Waals surface area (Å²) in [5.41, 5.74) is 3.17. The molecule has 0 amide bonds. The lowest BCUT2D eigenvalue weighted by molar-refractivity contribution is 0.342. The van der Waals surface area contributed by atoms with Crippen molar-refractivity contribution in [3.05, 3.63) is 46.9 Å². The van der Waals surface area contributed by atoms with Gasteiger partial charge in [-0.05, 0) is 53.3 Å². The summed E-state index contributed by atoms with van der Waals surface area (Å²) in [5.74, 6) is 2.51. The van der Waals surface area contributed by atoms with Crippen LogP contribution in [-0.2, 0) is 7.05 Å². The van der Waals surface area contributed by atoms with Crippen LogP contribution < -0.4 is 24.3 Å². The molecule has 0 atom stereocenters. The predicted octanol–water partition coefficient (Wildman–Crippen LogP) is 6.10. The molecule has 0 aliphatic heterocycles. The molecule has 1 heterocycles. The molecule has 1 N–H and O–H groups in total. The maximum Gasteiger partial charge on any atom is 0.326 e. The van der Waals surface area contributed by atoms with Crippen LogP contribution in [0.2, 0.25) is 18.1 Å². The third kappa shape index (κ3) is 4.05. The first-order valence-electron chi connectivity index (χ1n) is 11.6. The normalized spacial score (nSPS) is 12.3. The summed E-state index contributed by atoms with van der Waals surface area (Å²) in [4.78, 5) is 15.8. The fourth-order valence-electron chi connectivity index (χ4n) is 4.06. The Morgan fingerprint density at radius 1 is 0.886 bits per heavy atom. The molecule has 0 saturated carbocycles. The van der Waals surface area contributed by atoms with Gasteiger partial charge in [0, 0.05) is 18.0 Å². The van der Waals surface area contributed by atoms with Gasteiger partial charge in [-0.25, -0.2) is 4.79 Å². The number of methoxy groups -OCH3 is 3. The van der Waals surface area contributed by atoms with Gasteiger partial charge in [-0.15, -0.1) is 0 Å². The Bertz CT molecular complexity index is 1460. The van der Waals surface area contributed by atoms with Crippen LogP contribution in [0.1, 0.15) is 20.8 Å². The number of aryl methyl sites for hydroxylation is 1. The zero-order valence-corrected chi connectivity index (χ0v) is 23.0. The number of fused-ring (bicyclic) bond motifs is 2. The van der Waals surface area contributed by atoms with Crippen molar-refractivity contribution in [2.75, 3.05) is 21.3 Å². The molecule has 0 fully saturated rings. The molecule has 0 radical (unpaired) electrons. The minimum atomic E-state index is -2.26. The summed E-state index contributed by atoms with van der Waals surface area (Å²) in [6.07, 6.45) is 0. The van der Waals surface area contributed by atoms with Gasteiger partial charge in [-0.1, -0.05) is 32.9 Å². The molecule has 0 unspecified atom stereocenters. The Labute approximate surface area is 206 Å². The first kappa shape index (κ1) is 24.7. The third-order valence-corrected chi connectivity index (χ3v) is 11.5. The minimum Gasteiger partial charge on any atom is -0.541 e. The molecule has 8 heteroatoms. The summed E-state index contributed by atoms with van der Waals surface area (Å²) in [6, 6.07) is 11.8. The Balaban J connectivity index is 2.19. The van der Waals surface area contributed by atoms with Crippen molar-refractivity contribution >= 4 is 30.1 Å². The van der Waals surface area contributed by atoms with Gasteiger partial charge in [0.1, 0.15) is 5.75 Å². The Morgan fingerprint density at radius 2 is 1.54 bits per heavy atom. The molecular weight excluding hydrogens is 460 g/mol. The van der Waals surface area contributed by atoms with Crippen LogP contribution in [-0.4, -0.2) is 39.2 Å². The van der Waals surface area contributed by atoms with Gasteiger partial charge in [0.15, 0.2) is 11.5 Å². The second kappa shape index (κ2) is 8.68. The van der Waals surface area contributed by atoms with E-state index in [-0.39, 0.29) is 10.7 Å². The lowest BCUT2D eigenvalue weighted by atomic mass is 9.95. The second-order valence-electron chi connectivity index (χ2n) is 10.3. The molecule has 0 aliphatic carbocycles. The standard InChI is InChI=1S/C27H34N2O5Si/c1-27(2,3)35(8,9)34-24-19-14-20-23(28-26(30)29(20)4)22(16-10-12-17(31-5)13-11-16)18(19)15-21(32-6)25(24)33-7/h10-15H,1-9H3,(H,28,30). The summed E-state index contributed by atoms with van der Waals surface area (Å²) in [5, 5.41) is 1.73. The number of rotatable bonds is 6. The van der Waals surface area contributed by atoms with Crippen LogP contribution in [0.15, 0.2) is 41.2 Å². The molecule has 3 aromatic carbocycles. The van der Waals surface area contributed by atoms with Crippen molar-refractivity contribution in [2.45, 2.75) is 38.9 Å². The van der Waals surface area contributed by atoms with Crippen molar-refractivity contribution in [1.29, 1.82) is 0 Å². The van der Waals surface area contributed by atoms with Gasteiger partial charge in [-0.3, -0.25) is 4.57 Å². The molecule has 4 aromatic rings. The number of imidazole rings is 1. The van der Waals surface area contributed by atoms with E-state index in [0.717, 1.165) is 38.7 Å². The topological polar surface area (TPSA) is 74.7 Å². The number of hydrogen-bond acceptors (Lipinski definition) is 5. The average Bonchev–Trinajstić information content (AvgIpc) is 3.09. The Hall–Kier alpha value is -3.39. The van der Waals surface area contributed by atoms with Crippen LogP contribution >= 0.6 is 0 Å². The first-order valence-corrected chi connectivity index (χ1v) is 14.5. The van der Waals surface area contributed by atoms with E-state index in [1.54, 1.807) is 32.9 Å². The van der Waals surface area contributed by atoms with Crippen LogP contribution in [0.25, 0.3) is 32.9 Å². The van der Waals surface area contributed by atoms with Gasteiger partial charge in [0.25, 0.3) is 8.32 Å².